The Labute approximate surface area is 125 Å². The topological polar surface area (TPSA) is 83.5 Å². The van der Waals surface area contributed by atoms with E-state index in [-0.39, 0.29) is 0 Å². The molecule has 0 atom stereocenters. The van der Waals surface area contributed by atoms with Gasteiger partial charge in [-0.05, 0) is 29.8 Å². The number of hydrogen-bond acceptors (Lipinski definition) is 4. The molecule has 0 spiro atoms. The maximum Gasteiger partial charge on any atom is 0.329 e. The van der Waals surface area contributed by atoms with Gasteiger partial charge in [0.15, 0.2) is 0 Å². The number of para-hydroxylation sites is 1. The number of anilines is 1. The number of hydrazone groups is 1. The van der Waals surface area contributed by atoms with Crippen LogP contribution in [0.2, 0.25) is 5.02 Å². The molecule has 0 bridgehead atoms. The molecule has 2 rings (SSSR count). The first-order valence-corrected chi connectivity index (χ1v) is 6.33. The number of nitrogens with zero attached hydrogens (tertiary/aromatic N) is 2. The smallest absolute Gasteiger partial charge is 0.316 e. The largest absolute Gasteiger partial charge is 0.329 e. The Balaban J connectivity index is 1.90. The van der Waals surface area contributed by atoms with Crippen molar-refractivity contribution in [3.63, 3.8) is 0 Å². The minimum Gasteiger partial charge on any atom is -0.316 e. The summed E-state index contributed by atoms with van der Waals surface area (Å²) < 4.78 is 0. The third-order valence-electron chi connectivity index (χ3n) is 2.41. The van der Waals surface area contributed by atoms with Gasteiger partial charge in [0, 0.05) is 12.4 Å². The molecule has 1 aromatic heterocycles. The van der Waals surface area contributed by atoms with Gasteiger partial charge in [-0.3, -0.25) is 14.6 Å². The van der Waals surface area contributed by atoms with E-state index in [0.29, 0.717) is 10.7 Å². The molecule has 1 aromatic carbocycles. The van der Waals surface area contributed by atoms with Crippen molar-refractivity contribution in [3.05, 3.63) is 59.4 Å². The van der Waals surface area contributed by atoms with Gasteiger partial charge in [-0.1, -0.05) is 23.7 Å². The van der Waals surface area contributed by atoms with E-state index >= 15 is 0 Å². The number of carbonyl (C=O) groups is 2. The summed E-state index contributed by atoms with van der Waals surface area (Å²) in [4.78, 5) is 27.0. The molecular weight excluding hydrogens is 292 g/mol. The second kappa shape index (κ2) is 7.16. The average Bonchev–Trinajstić information content (AvgIpc) is 2.50. The molecule has 7 heteroatoms. The zero-order valence-electron chi connectivity index (χ0n) is 10.8. The zero-order chi connectivity index (χ0) is 15.1. The third-order valence-corrected chi connectivity index (χ3v) is 2.74. The van der Waals surface area contributed by atoms with Gasteiger partial charge >= 0.3 is 11.8 Å². The summed E-state index contributed by atoms with van der Waals surface area (Å²) in [5.41, 5.74) is 3.23. The fraction of sp³-hybridized carbons (Fsp3) is 0. The zero-order valence-corrected chi connectivity index (χ0v) is 11.5. The normalized spacial score (nSPS) is 10.3. The van der Waals surface area contributed by atoms with Crippen LogP contribution < -0.4 is 10.7 Å². The Hall–Kier alpha value is -2.73. The highest BCUT2D eigenvalue weighted by molar-refractivity contribution is 6.41. The third kappa shape index (κ3) is 4.39. The number of rotatable bonds is 3. The first kappa shape index (κ1) is 14.7. The molecule has 0 unspecified atom stereocenters. The fourth-order valence-electron chi connectivity index (χ4n) is 1.41. The fourth-order valence-corrected chi connectivity index (χ4v) is 1.59. The Morgan fingerprint density at radius 3 is 2.52 bits per heavy atom. The van der Waals surface area contributed by atoms with Crippen LogP contribution in [0.4, 0.5) is 5.69 Å². The lowest BCUT2D eigenvalue weighted by Crippen LogP contribution is -2.32. The summed E-state index contributed by atoms with van der Waals surface area (Å²) in [6.45, 7) is 0. The lowest BCUT2D eigenvalue weighted by Gasteiger charge is -2.05. The van der Waals surface area contributed by atoms with Crippen molar-refractivity contribution in [3.8, 4) is 0 Å². The number of pyridine rings is 1. The van der Waals surface area contributed by atoms with E-state index < -0.39 is 11.8 Å². The Morgan fingerprint density at radius 1 is 1.10 bits per heavy atom. The molecular formula is C14H11ClN4O2. The highest BCUT2D eigenvalue weighted by Crippen LogP contribution is 2.19. The van der Waals surface area contributed by atoms with Crippen molar-refractivity contribution in [1.82, 2.24) is 10.4 Å². The Morgan fingerprint density at radius 2 is 1.81 bits per heavy atom. The van der Waals surface area contributed by atoms with Gasteiger partial charge in [0.2, 0.25) is 0 Å². The maximum absolute atomic E-state index is 11.6. The highest BCUT2D eigenvalue weighted by Gasteiger charge is 2.13. The molecule has 0 fully saturated rings. The summed E-state index contributed by atoms with van der Waals surface area (Å²) in [7, 11) is 0. The van der Waals surface area contributed by atoms with E-state index in [4.69, 9.17) is 11.6 Å². The molecule has 0 radical (unpaired) electrons. The van der Waals surface area contributed by atoms with E-state index in [1.807, 2.05) is 0 Å². The van der Waals surface area contributed by atoms with Gasteiger partial charge in [-0.2, -0.15) is 5.10 Å². The van der Waals surface area contributed by atoms with Crippen molar-refractivity contribution in [2.45, 2.75) is 0 Å². The number of carbonyl (C=O) groups excluding carboxylic acids is 2. The number of benzene rings is 1. The molecule has 0 aliphatic rings. The lowest BCUT2D eigenvalue weighted by atomic mass is 10.3. The quantitative estimate of drug-likeness (QED) is 0.515. The second-order valence-electron chi connectivity index (χ2n) is 3.91. The van der Waals surface area contributed by atoms with Crippen LogP contribution >= 0.6 is 11.6 Å². The maximum atomic E-state index is 11.6. The van der Waals surface area contributed by atoms with Crippen LogP contribution in [0.15, 0.2) is 53.9 Å². The Kier molecular flexibility index (Phi) is 5.00. The van der Waals surface area contributed by atoms with E-state index in [9.17, 15) is 9.59 Å². The van der Waals surface area contributed by atoms with Gasteiger partial charge in [0.1, 0.15) is 0 Å². The van der Waals surface area contributed by atoms with Crippen LogP contribution in [0.5, 0.6) is 0 Å². The second-order valence-corrected chi connectivity index (χ2v) is 4.32. The molecule has 106 valence electrons. The van der Waals surface area contributed by atoms with Crippen LogP contribution in [0.1, 0.15) is 5.56 Å². The monoisotopic (exact) mass is 302 g/mol. The van der Waals surface area contributed by atoms with Gasteiger partial charge in [0.25, 0.3) is 0 Å². The number of aromatic nitrogens is 1. The average molecular weight is 303 g/mol. The predicted octanol–water partition coefficient (Wildman–Crippen LogP) is 1.82. The highest BCUT2D eigenvalue weighted by atomic mass is 35.5. The summed E-state index contributed by atoms with van der Waals surface area (Å²) in [5.74, 6) is -1.74. The van der Waals surface area contributed by atoms with E-state index in [2.05, 4.69) is 20.8 Å². The van der Waals surface area contributed by atoms with Crippen molar-refractivity contribution in [2.75, 3.05) is 5.32 Å². The summed E-state index contributed by atoms with van der Waals surface area (Å²) in [6, 6.07) is 10.0. The van der Waals surface area contributed by atoms with Gasteiger partial charge in [-0.25, -0.2) is 5.43 Å². The van der Waals surface area contributed by atoms with Crippen molar-refractivity contribution < 1.29 is 9.59 Å². The standard InChI is InChI=1S/C14H11ClN4O2/c15-11-3-1-2-4-12(11)18-13(20)14(21)19-17-9-10-5-7-16-8-6-10/h1-9H,(H,18,20)(H,19,21). The van der Waals surface area contributed by atoms with E-state index in [1.165, 1.54) is 6.21 Å². The molecule has 21 heavy (non-hydrogen) atoms. The van der Waals surface area contributed by atoms with E-state index in [1.54, 1.807) is 48.8 Å². The minimum atomic E-state index is -0.889. The summed E-state index contributed by atoms with van der Waals surface area (Å²) >= 11 is 5.88. The van der Waals surface area contributed by atoms with Crippen LogP contribution in [-0.4, -0.2) is 23.0 Å². The molecule has 0 saturated heterocycles. The van der Waals surface area contributed by atoms with Crippen molar-refractivity contribution in [1.29, 1.82) is 0 Å². The van der Waals surface area contributed by atoms with Gasteiger partial charge < -0.3 is 5.32 Å². The van der Waals surface area contributed by atoms with Crippen LogP contribution in [0.25, 0.3) is 0 Å². The first-order valence-electron chi connectivity index (χ1n) is 5.96. The van der Waals surface area contributed by atoms with Gasteiger partial charge in [0.05, 0.1) is 16.9 Å². The molecule has 0 saturated carbocycles. The number of nitrogens with one attached hydrogen (secondary N) is 2. The lowest BCUT2D eigenvalue weighted by molar-refractivity contribution is -0.136. The van der Waals surface area contributed by atoms with Crippen LogP contribution in [-0.2, 0) is 9.59 Å². The number of halogens is 1. The number of amides is 2. The molecule has 0 aliphatic heterocycles. The minimum absolute atomic E-state index is 0.346. The predicted molar refractivity (Wildman–Crippen MR) is 80.1 cm³/mol. The first-order chi connectivity index (χ1) is 10.2. The van der Waals surface area contributed by atoms with Crippen LogP contribution in [0, 0.1) is 0 Å². The summed E-state index contributed by atoms with van der Waals surface area (Å²) in [5, 5.41) is 6.42. The molecule has 0 aliphatic carbocycles. The molecule has 1 heterocycles. The molecule has 2 aromatic rings. The SMILES string of the molecule is O=C(NN=Cc1ccncc1)C(=O)Nc1ccccc1Cl. The molecule has 6 nitrogen and oxygen atoms in total. The van der Waals surface area contributed by atoms with Crippen molar-refractivity contribution >= 4 is 35.3 Å². The summed E-state index contributed by atoms with van der Waals surface area (Å²) in [6.07, 6.45) is 4.59. The molecule has 2 amide bonds. The Bertz CT molecular complexity index is 674. The van der Waals surface area contributed by atoms with Crippen LogP contribution in [0.3, 0.4) is 0 Å². The molecule has 2 N–H and O–H groups in total. The number of hydrogen-bond donors (Lipinski definition) is 2. The van der Waals surface area contributed by atoms with Crippen molar-refractivity contribution in [2.24, 2.45) is 5.10 Å². The van der Waals surface area contributed by atoms with Gasteiger partial charge in [-0.15, -0.1) is 0 Å². The van der Waals surface area contributed by atoms with E-state index in [0.717, 1.165) is 5.56 Å².